The van der Waals surface area contributed by atoms with Crippen molar-refractivity contribution in [1.29, 1.82) is 0 Å². The predicted octanol–water partition coefficient (Wildman–Crippen LogP) is 1.46. The number of rotatable bonds is 4. The summed E-state index contributed by atoms with van der Waals surface area (Å²) in [7, 11) is 0. The van der Waals surface area contributed by atoms with Crippen LogP contribution in [0, 0.1) is 6.92 Å². The Morgan fingerprint density at radius 3 is 3.05 bits per heavy atom. The molecule has 2 heterocycles. The number of nitrogens with zero attached hydrogens (tertiary/aromatic N) is 1. The van der Waals surface area contributed by atoms with Crippen LogP contribution in [0.5, 0.6) is 0 Å². The fourth-order valence-corrected chi connectivity index (χ4v) is 2.36. The molecule has 0 radical (unpaired) electrons. The van der Waals surface area contributed by atoms with E-state index in [1.807, 2.05) is 5.43 Å². The summed E-state index contributed by atoms with van der Waals surface area (Å²) in [4.78, 5) is 15.6. The van der Waals surface area contributed by atoms with E-state index in [4.69, 9.17) is 16.0 Å². The lowest BCUT2D eigenvalue weighted by atomic mass is 10.2. The number of pyridine rings is 1. The van der Waals surface area contributed by atoms with E-state index in [1.165, 1.54) is 11.8 Å². The maximum atomic E-state index is 11.4. The average molecular weight is 278 g/mol. The van der Waals surface area contributed by atoms with Gasteiger partial charge >= 0.3 is 5.91 Å². The van der Waals surface area contributed by atoms with E-state index in [9.17, 15) is 4.79 Å². The van der Waals surface area contributed by atoms with Gasteiger partial charge in [0.1, 0.15) is 10.8 Å². The number of thioether (sulfide) groups is 1. The maximum absolute atomic E-state index is 11.4. The molecule has 0 aliphatic heterocycles. The van der Waals surface area contributed by atoms with Crippen LogP contribution >= 0.6 is 11.8 Å². The number of carbonyl (C=O) groups excluding carboxylic acids is 1. The molecule has 6 nitrogen and oxygen atoms in total. The number of hydrazine groups is 1. The Morgan fingerprint density at radius 1 is 1.58 bits per heavy atom. The first-order valence-corrected chi connectivity index (χ1v) is 6.54. The summed E-state index contributed by atoms with van der Waals surface area (Å²) in [5.74, 6) is 6.08. The van der Waals surface area contributed by atoms with E-state index < -0.39 is 5.91 Å². The van der Waals surface area contributed by atoms with Gasteiger partial charge in [0.05, 0.1) is 11.4 Å². The number of furan rings is 1. The standard InChI is InChI=1S/C12H14N4O2S/c1-7-5-8(18-10(7)11(17)16-14)6-19-12-9(13)3-2-4-15-12/h2-5H,6,13-14H2,1H3,(H,16,17). The minimum absolute atomic E-state index is 0.229. The van der Waals surface area contributed by atoms with Crippen molar-refractivity contribution in [3.63, 3.8) is 0 Å². The highest BCUT2D eigenvalue weighted by Crippen LogP contribution is 2.27. The Hall–Kier alpha value is -1.99. The zero-order valence-electron chi connectivity index (χ0n) is 10.3. The van der Waals surface area contributed by atoms with Gasteiger partial charge in [-0.1, -0.05) is 11.8 Å². The molecule has 0 spiro atoms. The number of hydrogen-bond acceptors (Lipinski definition) is 6. The monoisotopic (exact) mass is 278 g/mol. The highest BCUT2D eigenvalue weighted by atomic mass is 32.2. The third-order valence-electron chi connectivity index (χ3n) is 2.46. The first-order valence-electron chi connectivity index (χ1n) is 5.55. The molecule has 7 heteroatoms. The van der Waals surface area contributed by atoms with Crippen LogP contribution in [0.4, 0.5) is 5.69 Å². The minimum Gasteiger partial charge on any atom is -0.455 e. The smallest absolute Gasteiger partial charge is 0.301 e. The van der Waals surface area contributed by atoms with E-state index in [1.54, 1.807) is 31.3 Å². The molecule has 0 fully saturated rings. The number of amides is 1. The Kier molecular flexibility index (Phi) is 4.08. The summed E-state index contributed by atoms with van der Waals surface area (Å²) in [6, 6.07) is 5.37. The molecule has 0 aromatic carbocycles. The van der Waals surface area contributed by atoms with Gasteiger partial charge in [0.15, 0.2) is 5.76 Å². The Morgan fingerprint density at radius 2 is 2.37 bits per heavy atom. The van der Waals surface area contributed by atoms with Crippen molar-refractivity contribution in [3.05, 3.63) is 41.5 Å². The molecule has 1 amide bonds. The molecule has 0 saturated carbocycles. The first kappa shape index (κ1) is 13.4. The van der Waals surface area contributed by atoms with Crippen LogP contribution in [0.1, 0.15) is 21.9 Å². The van der Waals surface area contributed by atoms with E-state index in [2.05, 4.69) is 4.98 Å². The maximum Gasteiger partial charge on any atom is 0.301 e. The third kappa shape index (κ3) is 3.07. The van der Waals surface area contributed by atoms with Gasteiger partial charge in [-0.2, -0.15) is 0 Å². The lowest BCUT2D eigenvalue weighted by molar-refractivity contribution is 0.0923. The Balaban J connectivity index is 2.09. The molecule has 0 saturated heterocycles. The Labute approximate surface area is 114 Å². The molecule has 2 aromatic rings. The van der Waals surface area contributed by atoms with Gasteiger partial charge in [-0.15, -0.1) is 0 Å². The lowest BCUT2D eigenvalue weighted by Gasteiger charge is -2.01. The molecule has 0 aliphatic rings. The van der Waals surface area contributed by atoms with Crippen molar-refractivity contribution in [1.82, 2.24) is 10.4 Å². The first-order chi connectivity index (χ1) is 9.11. The summed E-state index contributed by atoms with van der Waals surface area (Å²) in [6.07, 6.45) is 1.68. The van der Waals surface area contributed by atoms with E-state index >= 15 is 0 Å². The summed E-state index contributed by atoms with van der Waals surface area (Å²) in [6.45, 7) is 1.79. The lowest BCUT2D eigenvalue weighted by Crippen LogP contribution is -2.30. The molecule has 0 aliphatic carbocycles. The zero-order chi connectivity index (χ0) is 13.8. The van der Waals surface area contributed by atoms with Crippen LogP contribution in [0.15, 0.2) is 33.8 Å². The van der Waals surface area contributed by atoms with Crippen molar-refractivity contribution in [2.75, 3.05) is 5.73 Å². The zero-order valence-corrected chi connectivity index (χ0v) is 11.2. The Bertz CT molecular complexity index is 597. The van der Waals surface area contributed by atoms with Crippen LogP contribution in [0.3, 0.4) is 0 Å². The number of aryl methyl sites for hydroxylation is 1. The summed E-state index contributed by atoms with van der Waals surface area (Å²) in [5, 5.41) is 0.737. The number of nitrogen functional groups attached to an aromatic ring is 2. The fraction of sp³-hybridized carbons (Fsp3) is 0.167. The van der Waals surface area contributed by atoms with Crippen LogP contribution in [-0.4, -0.2) is 10.9 Å². The second-order valence-electron chi connectivity index (χ2n) is 3.88. The third-order valence-corrected chi connectivity index (χ3v) is 3.50. The SMILES string of the molecule is Cc1cc(CSc2ncccc2N)oc1C(=O)NN. The molecule has 2 aromatic heterocycles. The molecular weight excluding hydrogens is 264 g/mol. The fourth-order valence-electron chi connectivity index (χ4n) is 1.57. The topological polar surface area (TPSA) is 107 Å². The van der Waals surface area contributed by atoms with E-state index in [-0.39, 0.29) is 5.76 Å². The van der Waals surface area contributed by atoms with Gasteiger partial charge in [0, 0.05) is 11.8 Å². The van der Waals surface area contributed by atoms with Crippen molar-refractivity contribution in [2.45, 2.75) is 17.7 Å². The van der Waals surface area contributed by atoms with Crippen LogP contribution < -0.4 is 17.0 Å². The van der Waals surface area contributed by atoms with Crippen LogP contribution in [0.25, 0.3) is 0 Å². The molecule has 100 valence electrons. The minimum atomic E-state index is -0.439. The second kappa shape index (κ2) is 5.77. The van der Waals surface area contributed by atoms with Crippen molar-refractivity contribution in [2.24, 2.45) is 5.84 Å². The van der Waals surface area contributed by atoms with E-state index in [0.29, 0.717) is 17.2 Å². The van der Waals surface area contributed by atoms with Gasteiger partial charge in [-0.3, -0.25) is 10.2 Å². The summed E-state index contributed by atoms with van der Waals surface area (Å²) >= 11 is 1.45. The van der Waals surface area contributed by atoms with E-state index in [0.717, 1.165) is 10.6 Å². The molecule has 5 N–H and O–H groups in total. The van der Waals surface area contributed by atoms with Crippen molar-refractivity contribution in [3.8, 4) is 0 Å². The van der Waals surface area contributed by atoms with Gasteiger partial charge in [0.25, 0.3) is 0 Å². The second-order valence-corrected chi connectivity index (χ2v) is 4.85. The highest BCUT2D eigenvalue weighted by molar-refractivity contribution is 7.98. The number of hydrogen-bond donors (Lipinski definition) is 3. The summed E-state index contributed by atoms with van der Waals surface area (Å²) < 4.78 is 5.45. The number of aromatic nitrogens is 1. The van der Waals surface area contributed by atoms with Gasteiger partial charge in [-0.25, -0.2) is 10.8 Å². The van der Waals surface area contributed by atoms with Gasteiger partial charge in [-0.05, 0) is 25.1 Å². The van der Waals surface area contributed by atoms with Crippen LogP contribution in [0.2, 0.25) is 0 Å². The summed E-state index contributed by atoms with van der Waals surface area (Å²) in [5.41, 5.74) is 9.21. The number of anilines is 1. The normalized spacial score (nSPS) is 10.4. The van der Waals surface area contributed by atoms with Crippen LogP contribution in [-0.2, 0) is 5.75 Å². The largest absolute Gasteiger partial charge is 0.455 e. The highest BCUT2D eigenvalue weighted by Gasteiger charge is 2.15. The molecular formula is C12H14N4O2S. The van der Waals surface area contributed by atoms with Crippen molar-refractivity contribution >= 4 is 23.4 Å². The molecule has 2 rings (SSSR count). The number of carbonyl (C=O) groups is 1. The predicted molar refractivity (Wildman–Crippen MR) is 73.3 cm³/mol. The average Bonchev–Trinajstić information content (AvgIpc) is 2.78. The number of nitrogens with one attached hydrogen (secondary N) is 1. The van der Waals surface area contributed by atoms with Gasteiger partial charge < -0.3 is 10.2 Å². The van der Waals surface area contributed by atoms with Gasteiger partial charge in [0.2, 0.25) is 0 Å². The quantitative estimate of drug-likeness (QED) is 0.338. The molecule has 0 bridgehead atoms. The number of nitrogens with two attached hydrogens (primary N) is 2. The van der Waals surface area contributed by atoms with Crippen molar-refractivity contribution < 1.29 is 9.21 Å². The molecule has 0 atom stereocenters. The molecule has 0 unspecified atom stereocenters. The molecule has 19 heavy (non-hydrogen) atoms.